The summed E-state index contributed by atoms with van der Waals surface area (Å²) in [6.45, 7) is 7.91. The monoisotopic (exact) mass is 272 g/mol. The van der Waals surface area contributed by atoms with Gasteiger partial charge in [-0.1, -0.05) is 29.8 Å². The van der Waals surface area contributed by atoms with Gasteiger partial charge in [0, 0.05) is 6.42 Å². The van der Waals surface area contributed by atoms with Gasteiger partial charge in [-0.2, -0.15) is 0 Å². The molecular weight excluding hydrogens is 251 g/mol. The highest BCUT2D eigenvalue weighted by molar-refractivity contribution is 5.39. The molecule has 0 spiro atoms. The zero-order valence-corrected chi connectivity index (χ0v) is 12.5. The van der Waals surface area contributed by atoms with Crippen LogP contribution in [0.4, 0.5) is 4.39 Å². The molecule has 1 unspecified atom stereocenters. The third-order valence-corrected chi connectivity index (χ3v) is 3.81. The fraction of sp³-hybridized carbons (Fsp3) is 0.333. The zero-order valence-electron chi connectivity index (χ0n) is 12.5. The predicted octanol–water partition coefficient (Wildman–Crippen LogP) is 4.20. The lowest BCUT2D eigenvalue weighted by atomic mass is 9.85. The number of hydrogen-bond donors (Lipinski definition) is 1. The Morgan fingerprint density at radius 3 is 2.20 bits per heavy atom. The molecule has 106 valence electrons. The van der Waals surface area contributed by atoms with Crippen LogP contribution >= 0.6 is 0 Å². The molecule has 0 aromatic heterocycles. The first-order valence-electron chi connectivity index (χ1n) is 6.85. The van der Waals surface area contributed by atoms with E-state index in [9.17, 15) is 9.50 Å². The minimum Gasteiger partial charge on any atom is -0.385 e. The van der Waals surface area contributed by atoms with E-state index < -0.39 is 5.60 Å². The minimum absolute atomic E-state index is 0.319. The van der Waals surface area contributed by atoms with Gasteiger partial charge in [-0.25, -0.2) is 4.39 Å². The van der Waals surface area contributed by atoms with E-state index in [1.807, 2.05) is 0 Å². The molecule has 1 atom stereocenters. The molecule has 0 bridgehead atoms. The van der Waals surface area contributed by atoms with Crippen LogP contribution in [0.15, 0.2) is 36.4 Å². The van der Waals surface area contributed by atoms with Crippen molar-refractivity contribution in [1.29, 1.82) is 0 Å². The molecule has 1 nitrogen and oxygen atoms in total. The summed E-state index contributed by atoms with van der Waals surface area (Å²) < 4.78 is 13.3. The Balaban J connectivity index is 2.38. The second-order valence-corrected chi connectivity index (χ2v) is 5.84. The molecule has 0 aliphatic rings. The van der Waals surface area contributed by atoms with Crippen molar-refractivity contribution in [2.75, 3.05) is 0 Å². The van der Waals surface area contributed by atoms with Crippen molar-refractivity contribution in [3.63, 3.8) is 0 Å². The van der Waals surface area contributed by atoms with Crippen molar-refractivity contribution >= 4 is 0 Å². The lowest BCUT2D eigenvalue weighted by Crippen LogP contribution is -2.25. The summed E-state index contributed by atoms with van der Waals surface area (Å²) in [6.07, 6.45) is 0.481. The molecule has 0 saturated heterocycles. The van der Waals surface area contributed by atoms with Crippen molar-refractivity contribution in [2.24, 2.45) is 0 Å². The maximum absolute atomic E-state index is 13.3. The molecule has 1 N–H and O–H groups in total. The zero-order chi connectivity index (χ0) is 14.9. The molecule has 2 aromatic rings. The van der Waals surface area contributed by atoms with Gasteiger partial charge in [0.25, 0.3) is 0 Å². The summed E-state index contributed by atoms with van der Waals surface area (Å²) in [5.41, 5.74) is 4.21. The van der Waals surface area contributed by atoms with E-state index in [0.717, 1.165) is 5.56 Å². The molecule has 0 heterocycles. The molecule has 20 heavy (non-hydrogen) atoms. The first-order valence-corrected chi connectivity index (χ1v) is 6.85. The Bertz CT molecular complexity index is 606. The predicted molar refractivity (Wildman–Crippen MR) is 80.3 cm³/mol. The molecule has 2 rings (SSSR count). The average molecular weight is 272 g/mol. The van der Waals surface area contributed by atoms with Crippen LogP contribution in [-0.2, 0) is 12.0 Å². The minimum atomic E-state index is -1.08. The van der Waals surface area contributed by atoms with Crippen molar-refractivity contribution in [3.8, 4) is 0 Å². The van der Waals surface area contributed by atoms with Gasteiger partial charge in [-0.3, -0.25) is 0 Å². The number of halogens is 1. The summed E-state index contributed by atoms with van der Waals surface area (Å²) in [7, 11) is 0. The van der Waals surface area contributed by atoms with Crippen LogP contribution < -0.4 is 0 Å². The highest BCUT2D eigenvalue weighted by Gasteiger charge is 2.25. The van der Waals surface area contributed by atoms with E-state index in [1.54, 1.807) is 19.1 Å². The molecule has 0 aliphatic heterocycles. The van der Waals surface area contributed by atoms with Gasteiger partial charge in [0.15, 0.2) is 0 Å². The molecule has 2 aromatic carbocycles. The highest BCUT2D eigenvalue weighted by Crippen LogP contribution is 2.29. The summed E-state index contributed by atoms with van der Waals surface area (Å²) in [5, 5.41) is 10.7. The van der Waals surface area contributed by atoms with Crippen LogP contribution in [-0.4, -0.2) is 5.11 Å². The lowest BCUT2D eigenvalue weighted by molar-refractivity contribution is 0.0569. The van der Waals surface area contributed by atoms with Gasteiger partial charge in [-0.15, -0.1) is 0 Å². The van der Waals surface area contributed by atoms with Crippen LogP contribution in [0.25, 0.3) is 0 Å². The van der Waals surface area contributed by atoms with Crippen LogP contribution in [0, 0.1) is 26.6 Å². The quantitative estimate of drug-likeness (QED) is 0.887. The van der Waals surface area contributed by atoms with Gasteiger partial charge >= 0.3 is 0 Å². The summed E-state index contributed by atoms with van der Waals surface area (Å²) >= 11 is 0. The first-order chi connectivity index (χ1) is 9.29. The molecule has 2 heteroatoms. The molecule has 0 amide bonds. The van der Waals surface area contributed by atoms with Crippen molar-refractivity contribution in [1.82, 2.24) is 0 Å². The van der Waals surface area contributed by atoms with E-state index in [-0.39, 0.29) is 5.82 Å². The number of hydrogen-bond acceptors (Lipinski definition) is 1. The number of aliphatic hydroxyl groups is 1. The first kappa shape index (κ1) is 14.7. The van der Waals surface area contributed by atoms with Gasteiger partial charge < -0.3 is 5.11 Å². The normalized spacial score (nSPS) is 14.1. The molecular formula is C18H21FO. The van der Waals surface area contributed by atoms with Crippen LogP contribution in [0.3, 0.4) is 0 Å². The Morgan fingerprint density at radius 2 is 1.65 bits per heavy atom. The number of aryl methyl sites for hydroxylation is 3. The fourth-order valence-corrected chi connectivity index (χ4v) is 2.76. The molecule has 0 saturated carbocycles. The Hall–Kier alpha value is -1.67. The maximum Gasteiger partial charge on any atom is 0.123 e. The third-order valence-electron chi connectivity index (χ3n) is 3.81. The standard InChI is InChI=1S/C18H21FO/c1-12-8-13(2)17(14(3)9-12)11-18(4,20)15-6-5-7-16(19)10-15/h5-10,20H,11H2,1-4H3. The topological polar surface area (TPSA) is 20.2 Å². The fourth-order valence-electron chi connectivity index (χ4n) is 2.76. The van der Waals surface area contributed by atoms with Crippen molar-refractivity contribution in [3.05, 3.63) is 70.0 Å². The van der Waals surface area contributed by atoms with E-state index >= 15 is 0 Å². The van der Waals surface area contributed by atoms with Crippen LogP contribution in [0.5, 0.6) is 0 Å². The second kappa shape index (κ2) is 5.37. The number of benzene rings is 2. The summed E-state index contributed by atoms with van der Waals surface area (Å²) in [6, 6.07) is 10.4. The molecule has 0 radical (unpaired) electrons. The van der Waals surface area contributed by atoms with Gasteiger partial charge in [0.05, 0.1) is 5.60 Å². The lowest BCUT2D eigenvalue weighted by Gasteiger charge is -2.26. The van der Waals surface area contributed by atoms with Gasteiger partial charge in [0.2, 0.25) is 0 Å². The van der Waals surface area contributed by atoms with Crippen molar-refractivity contribution < 1.29 is 9.50 Å². The van der Waals surface area contributed by atoms with E-state index in [0.29, 0.717) is 12.0 Å². The van der Waals surface area contributed by atoms with Crippen molar-refractivity contribution in [2.45, 2.75) is 39.7 Å². The highest BCUT2D eigenvalue weighted by atomic mass is 19.1. The Labute approximate surface area is 120 Å². The summed E-state index contributed by atoms with van der Waals surface area (Å²) in [4.78, 5) is 0. The largest absolute Gasteiger partial charge is 0.385 e. The van der Waals surface area contributed by atoms with Gasteiger partial charge in [-0.05, 0) is 62.1 Å². The van der Waals surface area contributed by atoms with E-state index in [2.05, 4.69) is 32.9 Å². The van der Waals surface area contributed by atoms with E-state index in [1.165, 1.54) is 28.8 Å². The molecule has 0 aliphatic carbocycles. The SMILES string of the molecule is Cc1cc(C)c(CC(C)(O)c2cccc(F)c2)c(C)c1. The van der Waals surface area contributed by atoms with E-state index in [4.69, 9.17) is 0 Å². The average Bonchev–Trinajstić information content (AvgIpc) is 2.34. The third kappa shape index (κ3) is 3.07. The Morgan fingerprint density at radius 1 is 1.05 bits per heavy atom. The number of rotatable bonds is 3. The smallest absolute Gasteiger partial charge is 0.123 e. The Kier molecular flexibility index (Phi) is 3.96. The second-order valence-electron chi connectivity index (χ2n) is 5.84. The maximum atomic E-state index is 13.3. The summed E-state index contributed by atoms with van der Waals surface area (Å²) in [5.74, 6) is -0.319. The van der Waals surface area contributed by atoms with Crippen LogP contribution in [0.2, 0.25) is 0 Å². The molecule has 0 fully saturated rings. The van der Waals surface area contributed by atoms with Gasteiger partial charge in [0.1, 0.15) is 5.82 Å². The van der Waals surface area contributed by atoms with Crippen LogP contribution in [0.1, 0.15) is 34.7 Å².